The number of hydrogen-bond acceptors (Lipinski definition) is 4. The molecule has 104 valence electrons. The smallest absolute Gasteiger partial charge is 0.306 e. The van der Waals surface area contributed by atoms with E-state index in [0.29, 0.717) is 12.5 Å². The maximum absolute atomic E-state index is 11.3. The first-order chi connectivity index (χ1) is 9.20. The lowest BCUT2D eigenvalue weighted by Crippen LogP contribution is -2.47. The Morgan fingerprint density at radius 3 is 2.74 bits per heavy atom. The van der Waals surface area contributed by atoms with Gasteiger partial charge in [0.2, 0.25) is 0 Å². The lowest BCUT2D eigenvalue weighted by molar-refractivity contribution is -0.141. The van der Waals surface area contributed by atoms with Gasteiger partial charge in [-0.15, -0.1) is 0 Å². The predicted octanol–water partition coefficient (Wildman–Crippen LogP) is 1.54. The van der Waals surface area contributed by atoms with Gasteiger partial charge >= 0.3 is 5.97 Å². The van der Waals surface area contributed by atoms with E-state index in [-0.39, 0.29) is 5.97 Å². The molecule has 0 N–H and O–H groups in total. The Hall–Kier alpha value is -1.39. The third-order valence-electron chi connectivity index (χ3n) is 3.71. The summed E-state index contributed by atoms with van der Waals surface area (Å²) < 4.78 is 4.73. The van der Waals surface area contributed by atoms with Crippen LogP contribution in [0.2, 0.25) is 0 Å². The molecule has 1 heterocycles. The summed E-state index contributed by atoms with van der Waals surface area (Å²) in [6.45, 7) is 3.81. The highest BCUT2D eigenvalue weighted by Crippen LogP contribution is 2.24. The second-order valence-electron chi connectivity index (χ2n) is 5.05. The second-order valence-corrected chi connectivity index (χ2v) is 5.05. The number of esters is 1. The molecule has 1 unspecified atom stereocenters. The number of ether oxygens (including phenoxy) is 1. The fourth-order valence-electron chi connectivity index (χ4n) is 2.55. The molecule has 4 nitrogen and oxygen atoms in total. The summed E-state index contributed by atoms with van der Waals surface area (Å²) in [5, 5.41) is 0. The molecule has 1 aliphatic rings. The van der Waals surface area contributed by atoms with Crippen LogP contribution in [0.15, 0.2) is 30.3 Å². The average molecular weight is 262 g/mol. The minimum Gasteiger partial charge on any atom is -0.469 e. The van der Waals surface area contributed by atoms with Crippen LogP contribution in [0.4, 0.5) is 0 Å². The maximum atomic E-state index is 11.3. The van der Waals surface area contributed by atoms with Crippen molar-refractivity contribution in [2.75, 3.05) is 40.3 Å². The van der Waals surface area contributed by atoms with Crippen LogP contribution >= 0.6 is 0 Å². The summed E-state index contributed by atoms with van der Waals surface area (Å²) in [5.74, 6) is -0.134. The molecule has 19 heavy (non-hydrogen) atoms. The minimum atomic E-state index is -0.134. The standard InChI is InChI=1S/C15H22N2O2/c1-16-10-11-17(9-8-15(18)19-2)14(12-16)13-6-4-3-5-7-13/h3-7,14H,8-12H2,1-2H3. The van der Waals surface area contributed by atoms with Gasteiger partial charge in [0, 0.05) is 32.2 Å². The van der Waals surface area contributed by atoms with Gasteiger partial charge in [-0.2, -0.15) is 0 Å². The maximum Gasteiger partial charge on any atom is 0.306 e. The van der Waals surface area contributed by atoms with E-state index in [1.807, 2.05) is 6.07 Å². The van der Waals surface area contributed by atoms with E-state index in [1.165, 1.54) is 12.7 Å². The Bertz CT molecular complexity index is 408. The Kier molecular flexibility index (Phi) is 4.93. The van der Waals surface area contributed by atoms with Crippen molar-refractivity contribution in [3.63, 3.8) is 0 Å². The van der Waals surface area contributed by atoms with Crippen LogP contribution in [-0.4, -0.2) is 56.1 Å². The molecule has 0 saturated carbocycles. The van der Waals surface area contributed by atoms with Crippen LogP contribution in [0.5, 0.6) is 0 Å². The zero-order valence-corrected chi connectivity index (χ0v) is 11.7. The Labute approximate surface area is 115 Å². The van der Waals surface area contributed by atoms with E-state index in [9.17, 15) is 4.79 Å². The number of carbonyl (C=O) groups is 1. The van der Waals surface area contributed by atoms with Crippen LogP contribution in [0.25, 0.3) is 0 Å². The lowest BCUT2D eigenvalue weighted by Gasteiger charge is -2.40. The lowest BCUT2D eigenvalue weighted by atomic mass is 10.0. The van der Waals surface area contributed by atoms with Crippen molar-refractivity contribution in [1.29, 1.82) is 0 Å². The molecule has 1 aromatic rings. The summed E-state index contributed by atoms with van der Waals surface area (Å²) >= 11 is 0. The van der Waals surface area contributed by atoms with E-state index in [0.717, 1.165) is 26.2 Å². The van der Waals surface area contributed by atoms with Crippen LogP contribution in [-0.2, 0) is 9.53 Å². The summed E-state index contributed by atoms with van der Waals surface area (Å²) in [6.07, 6.45) is 0.462. The van der Waals surface area contributed by atoms with Gasteiger partial charge in [0.1, 0.15) is 0 Å². The molecule has 0 amide bonds. The van der Waals surface area contributed by atoms with Gasteiger partial charge in [0.05, 0.1) is 13.5 Å². The number of nitrogens with zero attached hydrogens (tertiary/aromatic N) is 2. The van der Waals surface area contributed by atoms with Crippen LogP contribution < -0.4 is 0 Å². The number of piperazine rings is 1. The molecular weight excluding hydrogens is 240 g/mol. The number of carbonyl (C=O) groups excluding carboxylic acids is 1. The van der Waals surface area contributed by atoms with E-state index >= 15 is 0 Å². The van der Waals surface area contributed by atoms with E-state index in [4.69, 9.17) is 4.74 Å². The monoisotopic (exact) mass is 262 g/mol. The minimum absolute atomic E-state index is 0.134. The Morgan fingerprint density at radius 1 is 1.32 bits per heavy atom. The third kappa shape index (κ3) is 3.78. The third-order valence-corrected chi connectivity index (χ3v) is 3.71. The molecule has 0 bridgehead atoms. The number of likely N-dealkylation sites (N-methyl/N-ethyl adjacent to an activating group) is 1. The molecule has 0 aromatic heterocycles. The molecule has 1 aromatic carbocycles. The number of rotatable bonds is 4. The van der Waals surface area contributed by atoms with E-state index in [1.54, 1.807) is 0 Å². The highest BCUT2D eigenvalue weighted by atomic mass is 16.5. The molecule has 0 radical (unpaired) electrons. The molecule has 0 aliphatic carbocycles. The van der Waals surface area contributed by atoms with Crippen LogP contribution in [0, 0.1) is 0 Å². The summed E-state index contributed by atoms with van der Waals surface area (Å²) in [4.78, 5) is 16.0. The van der Waals surface area contributed by atoms with Gasteiger partial charge in [0.25, 0.3) is 0 Å². The number of methoxy groups -OCH3 is 1. The molecule has 2 rings (SSSR count). The SMILES string of the molecule is COC(=O)CCN1CCN(C)CC1c1ccccc1. The number of benzene rings is 1. The van der Waals surface area contributed by atoms with Crippen molar-refractivity contribution in [2.45, 2.75) is 12.5 Å². The molecule has 1 aliphatic heterocycles. The highest BCUT2D eigenvalue weighted by Gasteiger charge is 2.26. The fourth-order valence-corrected chi connectivity index (χ4v) is 2.55. The fraction of sp³-hybridized carbons (Fsp3) is 0.533. The van der Waals surface area contributed by atoms with Crippen molar-refractivity contribution < 1.29 is 9.53 Å². The molecule has 1 fully saturated rings. The van der Waals surface area contributed by atoms with Crippen molar-refractivity contribution in [3.8, 4) is 0 Å². The van der Waals surface area contributed by atoms with Gasteiger partial charge in [-0.1, -0.05) is 30.3 Å². The van der Waals surface area contributed by atoms with E-state index in [2.05, 4.69) is 41.1 Å². The molecule has 1 atom stereocenters. The van der Waals surface area contributed by atoms with Crippen LogP contribution in [0.1, 0.15) is 18.0 Å². The van der Waals surface area contributed by atoms with Gasteiger partial charge in [-0.05, 0) is 12.6 Å². The van der Waals surface area contributed by atoms with Gasteiger partial charge < -0.3 is 9.64 Å². The Morgan fingerprint density at radius 2 is 2.05 bits per heavy atom. The number of hydrogen-bond donors (Lipinski definition) is 0. The molecule has 1 saturated heterocycles. The van der Waals surface area contributed by atoms with Gasteiger partial charge in [0.15, 0.2) is 0 Å². The normalized spacial score (nSPS) is 21.3. The Balaban J connectivity index is 2.04. The quantitative estimate of drug-likeness (QED) is 0.771. The molecular formula is C15H22N2O2. The molecule has 4 heteroatoms. The van der Waals surface area contributed by atoms with Crippen molar-refractivity contribution >= 4 is 5.97 Å². The second kappa shape index (κ2) is 6.68. The largest absolute Gasteiger partial charge is 0.469 e. The van der Waals surface area contributed by atoms with Gasteiger partial charge in [-0.25, -0.2) is 0 Å². The summed E-state index contributed by atoms with van der Waals surface area (Å²) in [5.41, 5.74) is 1.32. The van der Waals surface area contributed by atoms with Crippen molar-refractivity contribution in [1.82, 2.24) is 9.80 Å². The summed E-state index contributed by atoms with van der Waals surface area (Å²) in [6, 6.07) is 10.9. The van der Waals surface area contributed by atoms with E-state index < -0.39 is 0 Å². The zero-order chi connectivity index (χ0) is 13.7. The first-order valence-electron chi connectivity index (χ1n) is 6.75. The van der Waals surface area contributed by atoms with Crippen molar-refractivity contribution in [2.24, 2.45) is 0 Å². The first kappa shape index (κ1) is 14.0. The average Bonchev–Trinajstić information content (AvgIpc) is 2.46. The van der Waals surface area contributed by atoms with Crippen LogP contribution in [0.3, 0.4) is 0 Å². The van der Waals surface area contributed by atoms with Gasteiger partial charge in [-0.3, -0.25) is 9.69 Å². The highest BCUT2D eigenvalue weighted by molar-refractivity contribution is 5.69. The molecule has 0 spiro atoms. The summed E-state index contributed by atoms with van der Waals surface area (Å²) in [7, 11) is 3.59. The van der Waals surface area contributed by atoms with Crippen molar-refractivity contribution in [3.05, 3.63) is 35.9 Å². The predicted molar refractivity (Wildman–Crippen MR) is 74.9 cm³/mol. The first-order valence-corrected chi connectivity index (χ1v) is 6.75. The zero-order valence-electron chi connectivity index (χ0n) is 11.7. The topological polar surface area (TPSA) is 32.8 Å².